The van der Waals surface area contributed by atoms with Gasteiger partial charge in [0, 0.05) is 11.5 Å². The second kappa shape index (κ2) is 10.8. The predicted octanol–water partition coefficient (Wildman–Crippen LogP) is 6.85. The summed E-state index contributed by atoms with van der Waals surface area (Å²) in [5.41, 5.74) is 11.2. The van der Waals surface area contributed by atoms with E-state index in [9.17, 15) is 9.59 Å². The zero-order valence-corrected chi connectivity index (χ0v) is 22.3. The molecule has 3 aromatic carbocycles. The Labute approximate surface area is 227 Å². The van der Waals surface area contributed by atoms with E-state index < -0.39 is 17.6 Å². The van der Waals surface area contributed by atoms with Gasteiger partial charge in [-0.15, -0.1) is 0 Å². The van der Waals surface area contributed by atoms with Crippen LogP contribution in [0.4, 0.5) is 4.79 Å². The first-order valence-corrected chi connectivity index (χ1v) is 13.2. The highest BCUT2D eigenvalue weighted by atomic mass is 16.6. The fourth-order valence-electron chi connectivity index (χ4n) is 5.19. The Balaban J connectivity index is 1.42. The summed E-state index contributed by atoms with van der Waals surface area (Å²) in [6.45, 7) is 6.03. The number of hydrogen-bond donors (Lipinski definition) is 1. The average Bonchev–Trinajstić information content (AvgIpc) is 3.69. The van der Waals surface area contributed by atoms with Crippen molar-refractivity contribution >= 4 is 12.1 Å². The summed E-state index contributed by atoms with van der Waals surface area (Å²) < 4.78 is 16.7. The number of esters is 1. The molecular weight excluding hydrogens is 492 g/mol. The summed E-state index contributed by atoms with van der Waals surface area (Å²) in [6.07, 6.45) is 0.112. The topological polar surface area (TPSA) is 105 Å². The fraction of sp³-hybridized carbons (Fsp3) is 0.281. The van der Waals surface area contributed by atoms with Crippen LogP contribution < -0.4 is 5.73 Å². The number of hydrogen-bond acceptors (Lipinski definition) is 6. The molecule has 1 saturated carbocycles. The number of ether oxygens (including phenoxy) is 2. The van der Waals surface area contributed by atoms with Crippen LogP contribution in [0.15, 0.2) is 83.4 Å². The Morgan fingerprint density at radius 1 is 0.949 bits per heavy atom. The molecule has 1 aliphatic rings. The molecule has 39 heavy (non-hydrogen) atoms. The summed E-state index contributed by atoms with van der Waals surface area (Å²) in [5.74, 6) is 0.215. The van der Waals surface area contributed by atoms with Gasteiger partial charge in [0.1, 0.15) is 6.10 Å². The highest BCUT2D eigenvalue weighted by molar-refractivity contribution is 5.87. The molecule has 2 atom stereocenters. The number of nitrogens with zero attached hydrogens (tertiary/aromatic N) is 1. The summed E-state index contributed by atoms with van der Waals surface area (Å²) in [6, 6.07) is 25.8. The number of aromatic nitrogens is 1. The number of benzene rings is 3. The molecule has 0 spiro atoms. The number of aryl methyl sites for hydroxylation is 1. The van der Waals surface area contributed by atoms with E-state index in [2.05, 4.69) is 5.16 Å². The number of rotatable bonds is 9. The van der Waals surface area contributed by atoms with Crippen LogP contribution in [0, 0.1) is 6.92 Å². The van der Waals surface area contributed by atoms with Crippen LogP contribution in [0.5, 0.6) is 0 Å². The van der Waals surface area contributed by atoms with Gasteiger partial charge in [-0.25, -0.2) is 4.79 Å². The molecule has 1 fully saturated rings. The van der Waals surface area contributed by atoms with Crippen LogP contribution in [0.1, 0.15) is 61.1 Å². The van der Waals surface area contributed by atoms with Gasteiger partial charge in [0.15, 0.2) is 5.76 Å². The van der Waals surface area contributed by atoms with E-state index in [1.807, 2.05) is 99.6 Å². The summed E-state index contributed by atoms with van der Waals surface area (Å²) in [5, 5.41) is 4.20. The molecule has 200 valence electrons. The van der Waals surface area contributed by atoms with Crippen molar-refractivity contribution in [2.75, 3.05) is 6.61 Å². The van der Waals surface area contributed by atoms with E-state index in [0.29, 0.717) is 23.6 Å². The maximum atomic E-state index is 12.4. The third-order valence-electron chi connectivity index (χ3n) is 7.55. The van der Waals surface area contributed by atoms with Gasteiger partial charge in [-0.2, -0.15) is 0 Å². The van der Waals surface area contributed by atoms with Crippen molar-refractivity contribution in [1.82, 2.24) is 5.16 Å². The predicted molar refractivity (Wildman–Crippen MR) is 148 cm³/mol. The average molecular weight is 525 g/mol. The number of amides is 1. The van der Waals surface area contributed by atoms with Crippen LogP contribution >= 0.6 is 0 Å². The second-order valence-corrected chi connectivity index (χ2v) is 10.0. The first-order chi connectivity index (χ1) is 18.8. The van der Waals surface area contributed by atoms with E-state index in [1.165, 1.54) is 0 Å². The van der Waals surface area contributed by atoms with Crippen molar-refractivity contribution in [2.24, 2.45) is 5.73 Å². The van der Waals surface area contributed by atoms with Gasteiger partial charge in [-0.1, -0.05) is 90.9 Å². The maximum absolute atomic E-state index is 12.4. The van der Waals surface area contributed by atoms with Crippen molar-refractivity contribution in [3.05, 3.63) is 101 Å². The Morgan fingerprint density at radius 2 is 1.54 bits per heavy atom. The maximum Gasteiger partial charge on any atom is 0.405 e. The Bertz CT molecular complexity index is 1450. The lowest BCUT2D eigenvalue weighted by atomic mass is 9.88. The van der Waals surface area contributed by atoms with Gasteiger partial charge in [-0.3, -0.25) is 4.79 Å². The van der Waals surface area contributed by atoms with Crippen molar-refractivity contribution in [1.29, 1.82) is 0 Å². The monoisotopic (exact) mass is 524 g/mol. The number of carbonyl (C=O) groups is 2. The molecule has 1 amide bonds. The van der Waals surface area contributed by atoms with Crippen LogP contribution in [-0.2, 0) is 19.7 Å². The standard InChI is InChI=1S/C32H32N2O5/c1-4-37-30(35)32(18-19-32)26-16-14-24(15-17-26)23-10-12-25(13-11-23)29-27(21(3)34-39-29)28(38-31(33)36)20(2)22-8-6-5-7-9-22/h5-17,20,28H,4,18-19H2,1-3H3,(H2,33,36)/t20?,28-/m1/s1. The molecule has 1 unspecified atom stereocenters. The highest BCUT2D eigenvalue weighted by Gasteiger charge is 2.52. The number of carbonyl (C=O) groups excluding carboxylic acids is 2. The minimum absolute atomic E-state index is 0.138. The SMILES string of the molecule is CCOC(=O)C1(c2ccc(-c3ccc(-c4onc(C)c4[C@H](OC(N)=O)C(C)c4ccccc4)cc3)cc2)CC1. The fourth-order valence-corrected chi connectivity index (χ4v) is 5.19. The van der Waals surface area contributed by atoms with E-state index in [1.54, 1.807) is 0 Å². The van der Waals surface area contributed by atoms with Crippen molar-refractivity contribution in [3.63, 3.8) is 0 Å². The van der Waals surface area contributed by atoms with E-state index in [0.717, 1.165) is 40.7 Å². The summed E-state index contributed by atoms with van der Waals surface area (Å²) >= 11 is 0. The zero-order chi connectivity index (χ0) is 27.6. The molecule has 2 N–H and O–H groups in total. The molecule has 0 aliphatic heterocycles. The molecule has 0 radical (unpaired) electrons. The van der Waals surface area contributed by atoms with Gasteiger partial charge in [-0.05, 0) is 48.9 Å². The van der Waals surface area contributed by atoms with Gasteiger partial charge >= 0.3 is 12.1 Å². The minimum Gasteiger partial charge on any atom is -0.465 e. The second-order valence-electron chi connectivity index (χ2n) is 10.0. The molecule has 1 aromatic heterocycles. The smallest absolute Gasteiger partial charge is 0.405 e. The van der Waals surface area contributed by atoms with Crippen LogP contribution in [0.2, 0.25) is 0 Å². The molecule has 7 heteroatoms. The highest BCUT2D eigenvalue weighted by Crippen LogP contribution is 2.49. The largest absolute Gasteiger partial charge is 0.465 e. The van der Waals surface area contributed by atoms with Crippen LogP contribution in [0.25, 0.3) is 22.5 Å². The first kappa shape index (κ1) is 26.2. The Morgan fingerprint density at radius 3 is 2.10 bits per heavy atom. The molecule has 7 nitrogen and oxygen atoms in total. The Hall–Kier alpha value is -4.39. The van der Waals surface area contributed by atoms with Gasteiger partial charge in [0.05, 0.1) is 23.3 Å². The van der Waals surface area contributed by atoms with E-state index in [-0.39, 0.29) is 11.9 Å². The number of primary amides is 1. The van der Waals surface area contributed by atoms with Crippen LogP contribution in [0.3, 0.4) is 0 Å². The molecule has 1 aliphatic carbocycles. The molecule has 0 bridgehead atoms. The lowest BCUT2D eigenvalue weighted by molar-refractivity contribution is -0.146. The van der Waals surface area contributed by atoms with Crippen molar-refractivity contribution < 1.29 is 23.6 Å². The lowest BCUT2D eigenvalue weighted by Crippen LogP contribution is -2.23. The molecule has 0 saturated heterocycles. The summed E-state index contributed by atoms with van der Waals surface area (Å²) in [7, 11) is 0. The van der Waals surface area contributed by atoms with E-state index >= 15 is 0 Å². The molecule has 1 heterocycles. The van der Waals surface area contributed by atoms with Crippen molar-refractivity contribution in [3.8, 4) is 22.5 Å². The quantitative estimate of drug-likeness (QED) is 0.240. The lowest BCUT2D eigenvalue weighted by Gasteiger charge is -2.24. The first-order valence-electron chi connectivity index (χ1n) is 13.2. The van der Waals surface area contributed by atoms with Crippen LogP contribution in [-0.4, -0.2) is 23.8 Å². The Kier molecular flexibility index (Phi) is 7.24. The third-order valence-corrected chi connectivity index (χ3v) is 7.55. The van der Waals surface area contributed by atoms with Crippen molar-refractivity contribution in [2.45, 2.75) is 51.0 Å². The normalized spacial score (nSPS) is 15.3. The van der Waals surface area contributed by atoms with Gasteiger partial charge in [0.25, 0.3) is 0 Å². The molecule has 5 rings (SSSR count). The molecular formula is C32H32N2O5. The van der Waals surface area contributed by atoms with E-state index in [4.69, 9.17) is 19.7 Å². The summed E-state index contributed by atoms with van der Waals surface area (Å²) in [4.78, 5) is 24.3. The van der Waals surface area contributed by atoms with Gasteiger partial charge < -0.3 is 19.7 Å². The zero-order valence-electron chi connectivity index (χ0n) is 22.3. The van der Waals surface area contributed by atoms with Gasteiger partial charge in [0.2, 0.25) is 0 Å². The third kappa shape index (κ3) is 5.17. The minimum atomic E-state index is -0.857. The number of nitrogens with two attached hydrogens (primary N) is 1. The molecule has 4 aromatic rings.